The van der Waals surface area contributed by atoms with Gasteiger partial charge in [0, 0.05) is 6.42 Å². The number of rotatable bonds is 3. The van der Waals surface area contributed by atoms with Crippen LogP contribution in [0.4, 0.5) is 18.0 Å². The molecule has 2 rings (SSSR count). The molecular weight excluding hydrogens is 287 g/mol. The molecule has 1 unspecified atom stereocenters. The molecule has 2 atom stereocenters. The Kier molecular flexibility index (Phi) is 4.20. The summed E-state index contributed by atoms with van der Waals surface area (Å²) in [5.74, 6) is -2.69. The number of nitrogens with zero attached hydrogens (tertiary/aromatic N) is 1. The van der Waals surface area contributed by atoms with Crippen molar-refractivity contribution < 1.29 is 27.5 Å². The molecule has 1 aromatic carbocycles. The van der Waals surface area contributed by atoms with Crippen LogP contribution in [0.25, 0.3) is 0 Å². The van der Waals surface area contributed by atoms with Gasteiger partial charge < -0.3 is 4.74 Å². The van der Waals surface area contributed by atoms with Gasteiger partial charge in [0.1, 0.15) is 12.6 Å². The maximum Gasteiger partial charge on any atom is 0.417 e. The van der Waals surface area contributed by atoms with E-state index in [0.29, 0.717) is 5.56 Å². The highest BCUT2D eigenvalue weighted by molar-refractivity contribution is 5.93. The van der Waals surface area contributed by atoms with Crippen LogP contribution in [0.5, 0.6) is 0 Å². The van der Waals surface area contributed by atoms with Crippen molar-refractivity contribution in [1.82, 2.24) is 4.90 Å². The minimum atomic E-state index is -4.47. The fraction of sp³-hybridized carbons (Fsp3) is 0.429. The lowest BCUT2D eigenvalue weighted by Gasteiger charge is -2.22. The summed E-state index contributed by atoms with van der Waals surface area (Å²) in [4.78, 5) is 24.4. The second-order valence-corrected chi connectivity index (χ2v) is 4.91. The van der Waals surface area contributed by atoms with E-state index < -0.39 is 36.6 Å². The van der Waals surface area contributed by atoms with Crippen LogP contribution < -0.4 is 0 Å². The van der Waals surface area contributed by atoms with E-state index in [9.17, 15) is 22.8 Å². The standard InChI is InChI=1S/C14H14F3NO3/c1-9(14(15,16)17)7-12(19)18-11(8-21-13(18)20)10-5-3-2-4-6-10/h2-6,9,11H,7-8H2,1H3/t9?,11-/m1/s1. The van der Waals surface area contributed by atoms with Gasteiger partial charge in [-0.2, -0.15) is 13.2 Å². The lowest BCUT2D eigenvalue weighted by atomic mass is 10.0. The zero-order chi connectivity index (χ0) is 15.6. The van der Waals surface area contributed by atoms with Crippen molar-refractivity contribution in [2.24, 2.45) is 5.92 Å². The Labute approximate surface area is 119 Å². The Hall–Kier alpha value is -2.05. The number of carbonyl (C=O) groups excluding carboxylic acids is 2. The van der Waals surface area contributed by atoms with Crippen LogP contribution in [0.2, 0.25) is 0 Å². The number of carbonyl (C=O) groups is 2. The molecule has 1 aliphatic heterocycles. The molecule has 0 radical (unpaired) electrons. The number of hydrogen-bond acceptors (Lipinski definition) is 3. The van der Waals surface area contributed by atoms with Gasteiger partial charge in [-0.05, 0) is 5.56 Å². The minimum absolute atomic E-state index is 0.0466. The van der Waals surface area contributed by atoms with E-state index in [1.54, 1.807) is 30.3 Å². The van der Waals surface area contributed by atoms with Crippen molar-refractivity contribution >= 4 is 12.0 Å². The van der Waals surface area contributed by atoms with Gasteiger partial charge in [-0.3, -0.25) is 4.79 Å². The minimum Gasteiger partial charge on any atom is -0.446 e. The summed E-state index contributed by atoms with van der Waals surface area (Å²) in [6.07, 6.45) is -6.15. The summed E-state index contributed by atoms with van der Waals surface area (Å²) in [6.45, 7) is 0.867. The second kappa shape index (κ2) is 5.75. The summed E-state index contributed by atoms with van der Waals surface area (Å²) < 4.78 is 42.4. The fourth-order valence-electron chi connectivity index (χ4n) is 2.09. The Balaban J connectivity index is 2.16. The molecule has 2 amide bonds. The first-order valence-corrected chi connectivity index (χ1v) is 6.41. The first-order chi connectivity index (χ1) is 9.80. The first-order valence-electron chi connectivity index (χ1n) is 6.41. The van der Waals surface area contributed by atoms with E-state index in [-0.39, 0.29) is 6.61 Å². The number of cyclic esters (lactones) is 1. The predicted molar refractivity (Wildman–Crippen MR) is 67.2 cm³/mol. The summed E-state index contributed by atoms with van der Waals surface area (Å²) in [6, 6.07) is 7.92. The van der Waals surface area contributed by atoms with Crippen molar-refractivity contribution in [2.45, 2.75) is 25.6 Å². The lowest BCUT2D eigenvalue weighted by molar-refractivity contribution is -0.176. The van der Waals surface area contributed by atoms with Gasteiger partial charge >= 0.3 is 12.3 Å². The van der Waals surface area contributed by atoms with Crippen LogP contribution >= 0.6 is 0 Å². The molecule has 1 aromatic rings. The predicted octanol–water partition coefficient (Wildman–Crippen LogP) is 3.30. The fourth-order valence-corrected chi connectivity index (χ4v) is 2.09. The molecule has 7 heteroatoms. The normalized spacial score (nSPS) is 20.3. The number of amides is 2. The van der Waals surface area contributed by atoms with Crippen molar-refractivity contribution in [2.75, 3.05) is 6.61 Å². The highest BCUT2D eigenvalue weighted by Gasteiger charge is 2.43. The van der Waals surface area contributed by atoms with E-state index in [4.69, 9.17) is 4.74 Å². The summed E-state index contributed by atoms with van der Waals surface area (Å²) >= 11 is 0. The number of benzene rings is 1. The van der Waals surface area contributed by atoms with E-state index in [1.807, 2.05) is 0 Å². The van der Waals surface area contributed by atoms with E-state index in [0.717, 1.165) is 11.8 Å². The van der Waals surface area contributed by atoms with Crippen LogP contribution in [0.1, 0.15) is 24.9 Å². The van der Waals surface area contributed by atoms with Crippen LogP contribution in [0, 0.1) is 5.92 Å². The van der Waals surface area contributed by atoms with Crippen LogP contribution in [-0.2, 0) is 9.53 Å². The van der Waals surface area contributed by atoms with Crippen LogP contribution in [0.15, 0.2) is 30.3 Å². The SMILES string of the molecule is CC(CC(=O)N1C(=O)OC[C@@H]1c1ccccc1)C(F)(F)F. The molecule has 0 spiro atoms. The molecule has 0 aromatic heterocycles. The van der Waals surface area contributed by atoms with Gasteiger partial charge in [0.05, 0.1) is 5.92 Å². The molecular formula is C14H14F3NO3. The molecule has 1 heterocycles. The molecule has 1 aliphatic rings. The topological polar surface area (TPSA) is 46.6 Å². The number of hydrogen-bond donors (Lipinski definition) is 0. The molecule has 0 aliphatic carbocycles. The molecule has 1 saturated heterocycles. The Morgan fingerprint density at radius 3 is 2.57 bits per heavy atom. The third-order valence-electron chi connectivity index (χ3n) is 3.37. The monoisotopic (exact) mass is 301 g/mol. The third-order valence-corrected chi connectivity index (χ3v) is 3.37. The van der Waals surface area contributed by atoms with E-state index in [2.05, 4.69) is 0 Å². The Morgan fingerprint density at radius 2 is 2.00 bits per heavy atom. The molecule has 114 valence electrons. The third kappa shape index (κ3) is 3.34. The maximum absolute atomic E-state index is 12.5. The highest BCUT2D eigenvalue weighted by atomic mass is 19.4. The number of halogens is 3. The smallest absolute Gasteiger partial charge is 0.417 e. The largest absolute Gasteiger partial charge is 0.446 e. The van der Waals surface area contributed by atoms with Gasteiger partial charge in [0.15, 0.2) is 0 Å². The van der Waals surface area contributed by atoms with Crippen molar-refractivity contribution in [3.05, 3.63) is 35.9 Å². The van der Waals surface area contributed by atoms with Crippen LogP contribution in [0.3, 0.4) is 0 Å². The molecule has 1 fully saturated rings. The zero-order valence-electron chi connectivity index (χ0n) is 11.3. The number of imide groups is 1. The number of alkyl halides is 3. The molecule has 4 nitrogen and oxygen atoms in total. The average Bonchev–Trinajstić information content (AvgIpc) is 2.80. The maximum atomic E-state index is 12.5. The van der Waals surface area contributed by atoms with Gasteiger partial charge in [-0.1, -0.05) is 37.3 Å². The van der Waals surface area contributed by atoms with Gasteiger partial charge in [0.25, 0.3) is 0 Å². The first kappa shape index (κ1) is 15.3. The Morgan fingerprint density at radius 1 is 1.38 bits per heavy atom. The van der Waals surface area contributed by atoms with Gasteiger partial charge in [0.2, 0.25) is 5.91 Å². The molecule has 0 saturated carbocycles. The Bertz CT molecular complexity index is 530. The van der Waals surface area contributed by atoms with Gasteiger partial charge in [-0.15, -0.1) is 0 Å². The second-order valence-electron chi connectivity index (χ2n) is 4.91. The average molecular weight is 301 g/mol. The van der Waals surface area contributed by atoms with Crippen molar-refractivity contribution in [3.8, 4) is 0 Å². The van der Waals surface area contributed by atoms with Gasteiger partial charge in [-0.25, -0.2) is 9.69 Å². The number of ether oxygens (including phenoxy) is 1. The van der Waals surface area contributed by atoms with E-state index >= 15 is 0 Å². The van der Waals surface area contributed by atoms with E-state index in [1.165, 1.54) is 0 Å². The molecule has 0 N–H and O–H groups in total. The summed E-state index contributed by atoms with van der Waals surface area (Å²) in [5, 5.41) is 0. The summed E-state index contributed by atoms with van der Waals surface area (Å²) in [5.41, 5.74) is 0.649. The molecule has 0 bridgehead atoms. The molecule has 21 heavy (non-hydrogen) atoms. The van der Waals surface area contributed by atoms with Crippen molar-refractivity contribution in [3.63, 3.8) is 0 Å². The quantitative estimate of drug-likeness (QED) is 0.860. The lowest BCUT2D eigenvalue weighted by Crippen LogP contribution is -2.37. The highest BCUT2D eigenvalue weighted by Crippen LogP contribution is 2.32. The summed E-state index contributed by atoms with van der Waals surface area (Å²) in [7, 11) is 0. The van der Waals surface area contributed by atoms with Crippen molar-refractivity contribution in [1.29, 1.82) is 0 Å². The zero-order valence-corrected chi connectivity index (χ0v) is 11.3. The van der Waals surface area contributed by atoms with Crippen LogP contribution in [-0.4, -0.2) is 29.7 Å².